The quantitative estimate of drug-likeness (QED) is 0.774. The number of carbonyl (C=O) groups is 1. The fourth-order valence-corrected chi connectivity index (χ4v) is 3.66. The lowest BCUT2D eigenvalue weighted by Gasteiger charge is -2.15. The molecule has 7 heteroatoms. The van der Waals surface area contributed by atoms with Gasteiger partial charge in [-0.25, -0.2) is 0 Å². The van der Waals surface area contributed by atoms with Crippen molar-refractivity contribution in [1.82, 2.24) is 0 Å². The first-order valence-electron chi connectivity index (χ1n) is 8.13. The number of hydrogen-bond donors (Lipinski definition) is 1. The predicted octanol–water partition coefficient (Wildman–Crippen LogP) is 4.65. The van der Waals surface area contributed by atoms with Gasteiger partial charge in [-0.2, -0.15) is 0 Å². The van der Waals surface area contributed by atoms with Gasteiger partial charge in [-0.05, 0) is 49.2 Å². The van der Waals surface area contributed by atoms with Crippen LogP contribution in [0.4, 0.5) is 5.69 Å². The van der Waals surface area contributed by atoms with E-state index < -0.39 is 0 Å². The van der Waals surface area contributed by atoms with Crippen LogP contribution < -0.4 is 19.5 Å². The molecule has 0 aliphatic carbocycles. The van der Waals surface area contributed by atoms with Gasteiger partial charge < -0.3 is 19.5 Å². The molecule has 3 rings (SSSR count). The molecule has 0 unspecified atom stereocenters. The molecule has 0 saturated carbocycles. The highest BCUT2D eigenvalue weighted by Gasteiger charge is 2.20. The fourth-order valence-electron chi connectivity index (χ4n) is 2.55. The van der Waals surface area contributed by atoms with Gasteiger partial charge in [-0.1, -0.05) is 17.7 Å². The molecule has 1 N–H and O–H groups in total. The molecular weight excluding hydrogens is 374 g/mol. The van der Waals surface area contributed by atoms with Crippen LogP contribution in [-0.4, -0.2) is 25.1 Å². The Morgan fingerprint density at radius 2 is 2.15 bits per heavy atom. The first-order chi connectivity index (χ1) is 12.5. The molecule has 1 aliphatic heterocycles. The van der Waals surface area contributed by atoms with Crippen LogP contribution in [0, 0.1) is 6.92 Å². The molecule has 0 bridgehead atoms. The summed E-state index contributed by atoms with van der Waals surface area (Å²) in [6.07, 6.45) is 0. The van der Waals surface area contributed by atoms with Gasteiger partial charge in [-0.3, -0.25) is 4.79 Å². The van der Waals surface area contributed by atoms with Gasteiger partial charge in [0.15, 0.2) is 11.5 Å². The summed E-state index contributed by atoms with van der Waals surface area (Å²) in [6.45, 7) is 4.02. The Morgan fingerprint density at radius 3 is 2.92 bits per heavy atom. The number of fused-ring (bicyclic) bond motifs is 1. The first-order valence-corrected chi connectivity index (χ1v) is 9.55. The third-order valence-electron chi connectivity index (χ3n) is 3.97. The monoisotopic (exact) mass is 393 g/mol. The van der Waals surface area contributed by atoms with Crippen LogP contribution in [0.5, 0.6) is 17.2 Å². The number of amides is 1. The Kier molecular flexibility index (Phi) is 5.84. The minimum atomic E-state index is -0.246. The van der Waals surface area contributed by atoms with Crippen molar-refractivity contribution in [1.29, 1.82) is 0 Å². The summed E-state index contributed by atoms with van der Waals surface area (Å²) in [5, 5.41) is 3.22. The second-order valence-corrected chi connectivity index (χ2v) is 7.69. The van der Waals surface area contributed by atoms with E-state index in [1.807, 2.05) is 44.2 Å². The van der Waals surface area contributed by atoms with Crippen molar-refractivity contribution < 1.29 is 19.0 Å². The highest BCUT2D eigenvalue weighted by molar-refractivity contribution is 7.99. The SMILES string of the molecule is COc1ccc(C)cc1NC(=O)[C@H](C)SCc1cc(Cl)c2c(c1)OCO2. The number of ether oxygens (including phenoxy) is 3. The summed E-state index contributed by atoms with van der Waals surface area (Å²) in [4.78, 5) is 12.5. The zero-order valence-electron chi connectivity index (χ0n) is 14.8. The molecule has 0 radical (unpaired) electrons. The summed E-state index contributed by atoms with van der Waals surface area (Å²) < 4.78 is 16.0. The zero-order valence-corrected chi connectivity index (χ0v) is 16.4. The summed E-state index contributed by atoms with van der Waals surface area (Å²) in [5.41, 5.74) is 2.71. The average molecular weight is 394 g/mol. The predicted molar refractivity (Wildman–Crippen MR) is 105 cm³/mol. The topological polar surface area (TPSA) is 56.8 Å². The molecule has 1 heterocycles. The van der Waals surface area contributed by atoms with Gasteiger partial charge in [0.05, 0.1) is 23.1 Å². The largest absolute Gasteiger partial charge is 0.495 e. The first kappa shape index (κ1) is 18.7. The van der Waals surface area contributed by atoms with Crippen molar-refractivity contribution >= 4 is 35.0 Å². The molecule has 5 nitrogen and oxygen atoms in total. The maximum absolute atomic E-state index is 12.5. The molecule has 0 fully saturated rings. The van der Waals surface area contributed by atoms with Gasteiger partial charge in [0.2, 0.25) is 12.7 Å². The van der Waals surface area contributed by atoms with Crippen LogP contribution in [0.1, 0.15) is 18.1 Å². The van der Waals surface area contributed by atoms with Gasteiger partial charge in [-0.15, -0.1) is 11.8 Å². The lowest BCUT2D eigenvalue weighted by atomic mass is 10.2. The Labute approximate surface area is 162 Å². The number of rotatable bonds is 6. The number of benzene rings is 2. The molecule has 1 aliphatic rings. The molecule has 1 amide bonds. The Balaban J connectivity index is 1.62. The standard InChI is InChI=1S/C19H20ClNO4S/c1-11-4-5-16(23-3)15(6-11)21-19(22)12(2)26-9-13-7-14(20)18-17(8-13)24-10-25-18/h4-8,12H,9-10H2,1-3H3,(H,21,22)/t12-/m0/s1. The van der Waals surface area contributed by atoms with Crippen molar-refractivity contribution in [2.45, 2.75) is 24.9 Å². The maximum Gasteiger partial charge on any atom is 0.237 e. The second kappa shape index (κ2) is 8.10. The van der Waals surface area contributed by atoms with Crippen LogP contribution in [0.25, 0.3) is 0 Å². The van der Waals surface area contributed by atoms with E-state index in [9.17, 15) is 4.79 Å². The summed E-state index contributed by atoms with van der Waals surface area (Å²) >= 11 is 7.72. The molecule has 2 aromatic carbocycles. The molecule has 0 saturated heterocycles. The van der Waals surface area contributed by atoms with Crippen LogP contribution in [0.3, 0.4) is 0 Å². The third-order valence-corrected chi connectivity index (χ3v) is 5.46. The minimum absolute atomic E-state index is 0.0780. The van der Waals surface area contributed by atoms with Crippen molar-refractivity contribution in [3.8, 4) is 17.2 Å². The van der Waals surface area contributed by atoms with E-state index >= 15 is 0 Å². The zero-order chi connectivity index (χ0) is 18.7. The molecule has 2 aromatic rings. The molecule has 1 atom stereocenters. The lowest BCUT2D eigenvalue weighted by Crippen LogP contribution is -2.23. The smallest absolute Gasteiger partial charge is 0.237 e. The van der Waals surface area contributed by atoms with Crippen molar-refractivity contribution in [3.63, 3.8) is 0 Å². The Bertz CT molecular complexity index is 827. The molecular formula is C19H20ClNO4S. The minimum Gasteiger partial charge on any atom is -0.495 e. The maximum atomic E-state index is 12.5. The van der Waals surface area contributed by atoms with Gasteiger partial charge in [0.1, 0.15) is 5.75 Å². The number of halogens is 1. The average Bonchev–Trinajstić information content (AvgIpc) is 3.09. The fraction of sp³-hybridized carbons (Fsp3) is 0.316. The third kappa shape index (κ3) is 4.19. The van der Waals surface area contributed by atoms with Gasteiger partial charge in [0.25, 0.3) is 0 Å². The van der Waals surface area contributed by atoms with Crippen molar-refractivity contribution in [2.24, 2.45) is 0 Å². The van der Waals surface area contributed by atoms with E-state index in [-0.39, 0.29) is 18.0 Å². The van der Waals surface area contributed by atoms with Crippen LogP contribution in [0.2, 0.25) is 5.02 Å². The van der Waals surface area contributed by atoms with Crippen LogP contribution >= 0.6 is 23.4 Å². The highest BCUT2D eigenvalue weighted by Crippen LogP contribution is 2.40. The van der Waals surface area contributed by atoms with Crippen LogP contribution in [-0.2, 0) is 10.5 Å². The van der Waals surface area contributed by atoms with E-state index in [4.69, 9.17) is 25.8 Å². The van der Waals surface area contributed by atoms with Crippen molar-refractivity contribution in [2.75, 3.05) is 19.2 Å². The van der Waals surface area contributed by atoms with E-state index in [2.05, 4.69) is 5.32 Å². The van der Waals surface area contributed by atoms with Crippen molar-refractivity contribution in [3.05, 3.63) is 46.5 Å². The Hall–Kier alpha value is -2.05. The Morgan fingerprint density at radius 1 is 1.35 bits per heavy atom. The normalized spacial score (nSPS) is 13.4. The molecule has 0 spiro atoms. The van der Waals surface area contributed by atoms with Crippen LogP contribution in [0.15, 0.2) is 30.3 Å². The van der Waals surface area contributed by atoms with Gasteiger partial charge >= 0.3 is 0 Å². The number of nitrogens with one attached hydrogen (secondary N) is 1. The van der Waals surface area contributed by atoms with E-state index in [1.165, 1.54) is 11.8 Å². The summed E-state index contributed by atoms with van der Waals surface area (Å²) in [5.74, 6) is 2.43. The molecule has 138 valence electrons. The molecule has 26 heavy (non-hydrogen) atoms. The molecule has 0 aromatic heterocycles. The van der Waals surface area contributed by atoms with Gasteiger partial charge in [0, 0.05) is 5.75 Å². The van der Waals surface area contributed by atoms with E-state index in [0.717, 1.165) is 11.1 Å². The highest BCUT2D eigenvalue weighted by atomic mass is 35.5. The van der Waals surface area contributed by atoms with E-state index in [1.54, 1.807) is 7.11 Å². The number of thioether (sulfide) groups is 1. The lowest BCUT2D eigenvalue weighted by molar-refractivity contribution is -0.115. The second-order valence-electron chi connectivity index (χ2n) is 5.96. The summed E-state index contributed by atoms with van der Waals surface area (Å²) in [6, 6.07) is 9.42. The summed E-state index contributed by atoms with van der Waals surface area (Å²) in [7, 11) is 1.59. The number of carbonyl (C=O) groups excluding carboxylic acids is 1. The number of anilines is 1. The number of hydrogen-bond acceptors (Lipinski definition) is 5. The van der Waals surface area contributed by atoms with E-state index in [0.29, 0.717) is 33.7 Å². The number of methoxy groups -OCH3 is 1. The number of aryl methyl sites for hydroxylation is 1.